The summed E-state index contributed by atoms with van der Waals surface area (Å²) >= 11 is 0. The zero-order valence-corrected chi connectivity index (χ0v) is 20.1. The molecule has 2 aliphatic heterocycles. The van der Waals surface area contributed by atoms with Crippen molar-refractivity contribution in [1.82, 2.24) is 24.4 Å². The molecule has 0 amide bonds. The third kappa shape index (κ3) is 4.70. The number of hydrogen-bond donors (Lipinski definition) is 1. The normalized spacial score (nSPS) is 21.2. The monoisotopic (exact) mass is 486 g/mol. The summed E-state index contributed by atoms with van der Waals surface area (Å²) in [5.74, 6) is 0.826. The third-order valence-corrected chi connectivity index (χ3v) is 6.86. The molecule has 2 aromatic carbocycles. The first-order valence-electron chi connectivity index (χ1n) is 12.4. The fourth-order valence-electron chi connectivity index (χ4n) is 5.02. The van der Waals surface area contributed by atoms with E-state index in [0.717, 1.165) is 36.6 Å². The van der Waals surface area contributed by atoms with Crippen LogP contribution in [0.1, 0.15) is 11.8 Å². The van der Waals surface area contributed by atoms with Crippen molar-refractivity contribution in [2.24, 2.45) is 0 Å². The number of morpholine rings is 2. The standard InChI is InChI=1S/C27H30N6O3/c34-17-23-15-31(14-20-6-8-22(9-7-20)21-4-2-1-3-5-21)16-24(36-23)33-19-30-25-26(28-18-29-27(25)33)32-10-12-35-13-11-32/h1-9,18-19,23-24,34H,10-17H2/t23-,24+/m0/s1. The Kier molecular flexibility index (Phi) is 6.61. The maximum absolute atomic E-state index is 9.96. The summed E-state index contributed by atoms with van der Waals surface area (Å²) in [5, 5.41) is 9.96. The van der Waals surface area contributed by atoms with Crippen LogP contribution in [0.5, 0.6) is 0 Å². The van der Waals surface area contributed by atoms with Crippen LogP contribution in [0.15, 0.2) is 67.3 Å². The summed E-state index contributed by atoms with van der Waals surface area (Å²) in [4.78, 5) is 18.2. The second-order valence-electron chi connectivity index (χ2n) is 9.27. The molecule has 2 saturated heterocycles. The van der Waals surface area contributed by atoms with Crippen LogP contribution in [0.4, 0.5) is 5.82 Å². The maximum Gasteiger partial charge on any atom is 0.167 e. The Morgan fingerprint density at radius 2 is 1.67 bits per heavy atom. The fraction of sp³-hybridized carbons (Fsp3) is 0.370. The van der Waals surface area contributed by atoms with Gasteiger partial charge in [0.2, 0.25) is 0 Å². The predicted molar refractivity (Wildman–Crippen MR) is 137 cm³/mol. The Morgan fingerprint density at radius 3 is 2.44 bits per heavy atom. The largest absolute Gasteiger partial charge is 0.394 e. The van der Waals surface area contributed by atoms with Gasteiger partial charge in [0.15, 0.2) is 17.0 Å². The fourth-order valence-corrected chi connectivity index (χ4v) is 5.02. The highest BCUT2D eigenvalue weighted by Crippen LogP contribution is 2.28. The summed E-state index contributed by atoms with van der Waals surface area (Å²) in [7, 11) is 0. The van der Waals surface area contributed by atoms with Crippen molar-refractivity contribution in [3.05, 3.63) is 72.8 Å². The van der Waals surface area contributed by atoms with Gasteiger partial charge in [-0.15, -0.1) is 0 Å². The van der Waals surface area contributed by atoms with Gasteiger partial charge in [-0.2, -0.15) is 0 Å². The molecule has 186 valence electrons. The molecule has 9 heteroatoms. The number of imidazole rings is 1. The summed E-state index contributed by atoms with van der Waals surface area (Å²) in [6.07, 6.45) is 2.77. The molecule has 0 unspecified atom stereocenters. The molecular weight excluding hydrogens is 456 g/mol. The van der Waals surface area contributed by atoms with Crippen molar-refractivity contribution in [2.45, 2.75) is 18.9 Å². The summed E-state index contributed by atoms with van der Waals surface area (Å²) in [5.41, 5.74) is 5.13. The van der Waals surface area contributed by atoms with Crippen LogP contribution < -0.4 is 4.90 Å². The van der Waals surface area contributed by atoms with Gasteiger partial charge in [-0.1, -0.05) is 54.6 Å². The van der Waals surface area contributed by atoms with Crippen molar-refractivity contribution in [3.8, 4) is 11.1 Å². The molecule has 4 heterocycles. The van der Waals surface area contributed by atoms with Gasteiger partial charge in [0.1, 0.15) is 12.6 Å². The van der Waals surface area contributed by atoms with E-state index in [2.05, 4.69) is 73.3 Å². The number of ether oxygens (including phenoxy) is 2. The molecule has 0 spiro atoms. The van der Waals surface area contributed by atoms with E-state index >= 15 is 0 Å². The van der Waals surface area contributed by atoms with Gasteiger partial charge in [-0.25, -0.2) is 15.0 Å². The van der Waals surface area contributed by atoms with Gasteiger partial charge in [-0.3, -0.25) is 9.47 Å². The minimum atomic E-state index is -0.308. The van der Waals surface area contributed by atoms with E-state index in [9.17, 15) is 5.11 Å². The van der Waals surface area contributed by atoms with Crippen molar-refractivity contribution in [3.63, 3.8) is 0 Å². The van der Waals surface area contributed by atoms with E-state index in [-0.39, 0.29) is 18.9 Å². The first-order chi connectivity index (χ1) is 17.8. The molecule has 0 saturated carbocycles. The number of aromatic nitrogens is 4. The van der Waals surface area contributed by atoms with Gasteiger partial charge in [0, 0.05) is 32.7 Å². The average molecular weight is 487 g/mol. The van der Waals surface area contributed by atoms with E-state index in [0.29, 0.717) is 26.3 Å². The second-order valence-corrected chi connectivity index (χ2v) is 9.27. The first-order valence-corrected chi connectivity index (χ1v) is 12.4. The predicted octanol–water partition coefficient (Wildman–Crippen LogP) is 2.72. The quantitative estimate of drug-likeness (QED) is 0.445. The van der Waals surface area contributed by atoms with E-state index in [1.807, 2.05) is 10.6 Å². The number of fused-ring (bicyclic) bond motifs is 1. The lowest BCUT2D eigenvalue weighted by molar-refractivity contribution is -0.135. The molecule has 9 nitrogen and oxygen atoms in total. The van der Waals surface area contributed by atoms with Crippen molar-refractivity contribution < 1.29 is 14.6 Å². The van der Waals surface area contributed by atoms with Crippen LogP contribution in [-0.4, -0.2) is 81.6 Å². The molecule has 2 aromatic heterocycles. The topological polar surface area (TPSA) is 88.8 Å². The lowest BCUT2D eigenvalue weighted by atomic mass is 10.0. The molecule has 0 aliphatic carbocycles. The van der Waals surface area contributed by atoms with Gasteiger partial charge in [-0.05, 0) is 16.7 Å². The van der Waals surface area contributed by atoms with E-state index in [1.165, 1.54) is 16.7 Å². The lowest BCUT2D eigenvalue weighted by Gasteiger charge is -2.38. The number of aliphatic hydroxyl groups is 1. The Morgan fingerprint density at radius 1 is 0.889 bits per heavy atom. The highest BCUT2D eigenvalue weighted by molar-refractivity contribution is 5.83. The Labute approximate surface area is 209 Å². The van der Waals surface area contributed by atoms with Crippen LogP contribution in [-0.2, 0) is 16.0 Å². The smallest absolute Gasteiger partial charge is 0.167 e. The van der Waals surface area contributed by atoms with Gasteiger partial charge >= 0.3 is 0 Å². The molecule has 1 N–H and O–H groups in total. The zero-order chi connectivity index (χ0) is 24.3. The number of rotatable bonds is 6. The highest BCUT2D eigenvalue weighted by Gasteiger charge is 2.30. The molecule has 2 fully saturated rings. The Bertz CT molecular complexity index is 1290. The molecule has 36 heavy (non-hydrogen) atoms. The number of hydrogen-bond acceptors (Lipinski definition) is 8. The minimum absolute atomic E-state index is 0.0411. The van der Waals surface area contributed by atoms with Gasteiger partial charge in [0.25, 0.3) is 0 Å². The van der Waals surface area contributed by atoms with Crippen LogP contribution >= 0.6 is 0 Å². The summed E-state index contributed by atoms with van der Waals surface area (Å²) in [6, 6.07) is 19.1. The van der Waals surface area contributed by atoms with E-state index < -0.39 is 0 Å². The number of anilines is 1. The molecule has 2 aliphatic rings. The lowest BCUT2D eigenvalue weighted by Crippen LogP contribution is -2.46. The van der Waals surface area contributed by atoms with Gasteiger partial charge in [0.05, 0.1) is 32.3 Å². The summed E-state index contributed by atoms with van der Waals surface area (Å²) in [6.45, 7) is 4.97. The number of aliphatic hydroxyl groups excluding tert-OH is 1. The van der Waals surface area contributed by atoms with E-state index in [1.54, 1.807) is 12.7 Å². The Balaban J connectivity index is 1.21. The third-order valence-electron chi connectivity index (χ3n) is 6.86. The molecule has 4 aromatic rings. The second kappa shape index (κ2) is 10.3. The zero-order valence-electron chi connectivity index (χ0n) is 20.1. The highest BCUT2D eigenvalue weighted by atomic mass is 16.5. The van der Waals surface area contributed by atoms with Gasteiger partial charge < -0.3 is 19.5 Å². The average Bonchev–Trinajstić information content (AvgIpc) is 3.39. The minimum Gasteiger partial charge on any atom is -0.394 e. The molecular formula is C27H30N6O3. The Hall–Kier alpha value is -3.37. The SMILES string of the molecule is OC[C@@H]1CN(Cc2ccc(-c3ccccc3)cc2)C[C@H](n2cnc3c(N4CCOCC4)ncnc32)O1. The van der Waals surface area contributed by atoms with Crippen molar-refractivity contribution in [1.29, 1.82) is 0 Å². The van der Waals surface area contributed by atoms with E-state index in [4.69, 9.17) is 9.47 Å². The first kappa shape index (κ1) is 23.1. The van der Waals surface area contributed by atoms with Crippen molar-refractivity contribution >= 4 is 17.0 Å². The number of benzene rings is 2. The summed E-state index contributed by atoms with van der Waals surface area (Å²) < 4.78 is 13.7. The molecule has 0 radical (unpaired) electrons. The van der Waals surface area contributed by atoms with Crippen LogP contribution in [0.3, 0.4) is 0 Å². The molecule has 6 rings (SSSR count). The molecule has 2 atom stereocenters. The molecule has 0 bridgehead atoms. The van der Waals surface area contributed by atoms with Crippen LogP contribution in [0.2, 0.25) is 0 Å². The maximum atomic E-state index is 9.96. The van der Waals surface area contributed by atoms with Crippen LogP contribution in [0.25, 0.3) is 22.3 Å². The van der Waals surface area contributed by atoms with Crippen molar-refractivity contribution in [2.75, 3.05) is 50.9 Å². The number of nitrogens with zero attached hydrogens (tertiary/aromatic N) is 6. The van der Waals surface area contributed by atoms with Crippen LogP contribution in [0, 0.1) is 0 Å².